The quantitative estimate of drug-likeness (QED) is 0.907. The molecule has 1 aliphatic heterocycles. The van der Waals surface area contributed by atoms with Crippen LogP contribution in [0.4, 0.5) is 11.4 Å². The van der Waals surface area contributed by atoms with Crippen LogP contribution in [0.15, 0.2) is 36.4 Å². The van der Waals surface area contributed by atoms with Gasteiger partial charge in [0, 0.05) is 29.4 Å². The molecule has 0 unspecified atom stereocenters. The predicted octanol–water partition coefficient (Wildman–Crippen LogP) is 3.37. The zero-order chi connectivity index (χ0) is 18.0. The number of benzene rings is 2. The lowest BCUT2D eigenvalue weighted by atomic mass is 10.2. The van der Waals surface area contributed by atoms with Gasteiger partial charge in [0.2, 0.25) is 18.6 Å². The smallest absolute Gasteiger partial charge is 0.244 e. The van der Waals surface area contributed by atoms with Crippen LogP contribution in [0.3, 0.4) is 0 Å². The minimum absolute atomic E-state index is 0.125. The number of anilines is 2. The van der Waals surface area contributed by atoms with E-state index in [9.17, 15) is 9.59 Å². The molecule has 0 bridgehead atoms. The third-order valence-corrected chi connectivity index (χ3v) is 4.21. The Hall–Kier alpha value is -2.73. The van der Waals surface area contributed by atoms with Gasteiger partial charge in [-0.05, 0) is 36.8 Å². The second-order valence-corrected chi connectivity index (χ2v) is 6.06. The van der Waals surface area contributed by atoms with Crippen LogP contribution in [0, 0.1) is 6.92 Å². The molecule has 130 valence electrons. The van der Waals surface area contributed by atoms with Crippen molar-refractivity contribution in [2.75, 3.05) is 23.6 Å². The van der Waals surface area contributed by atoms with E-state index in [-0.39, 0.29) is 25.2 Å². The second-order valence-electron chi connectivity index (χ2n) is 5.65. The number of halogens is 1. The Morgan fingerprint density at radius 3 is 2.64 bits per heavy atom. The van der Waals surface area contributed by atoms with E-state index in [1.54, 1.807) is 30.3 Å². The maximum absolute atomic E-state index is 12.3. The van der Waals surface area contributed by atoms with Gasteiger partial charge in [-0.25, -0.2) is 0 Å². The molecule has 0 radical (unpaired) electrons. The number of nitrogens with one attached hydrogen (secondary N) is 1. The van der Waals surface area contributed by atoms with E-state index in [0.717, 1.165) is 5.56 Å². The van der Waals surface area contributed by atoms with Crippen molar-refractivity contribution in [1.82, 2.24) is 0 Å². The normalized spacial score (nSPS) is 12.0. The Morgan fingerprint density at radius 2 is 1.92 bits per heavy atom. The maximum Gasteiger partial charge on any atom is 0.244 e. The molecule has 25 heavy (non-hydrogen) atoms. The van der Waals surface area contributed by atoms with Gasteiger partial charge >= 0.3 is 0 Å². The van der Waals surface area contributed by atoms with E-state index in [2.05, 4.69) is 5.32 Å². The van der Waals surface area contributed by atoms with Crippen LogP contribution in [0.25, 0.3) is 0 Å². The molecule has 1 heterocycles. The SMILES string of the molecule is CC(=O)N(CC(=O)Nc1ccc(C)c(Cl)c1)c1ccc2c(c1)OCO2. The number of carbonyl (C=O) groups is 2. The zero-order valence-electron chi connectivity index (χ0n) is 13.8. The maximum atomic E-state index is 12.3. The number of hydrogen-bond acceptors (Lipinski definition) is 4. The van der Waals surface area contributed by atoms with Crippen molar-refractivity contribution < 1.29 is 19.1 Å². The standard InChI is InChI=1S/C18H17ClN2O4/c1-11-3-4-13(7-15(11)19)20-18(23)9-21(12(2)22)14-5-6-16-17(8-14)25-10-24-16/h3-8H,9-10H2,1-2H3,(H,20,23). The van der Waals surface area contributed by atoms with E-state index < -0.39 is 0 Å². The van der Waals surface area contributed by atoms with Crippen molar-refractivity contribution in [3.63, 3.8) is 0 Å². The summed E-state index contributed by atoms with van der Waals surface area (Å²) < 4.78 is 10.6. The summed E-state index contributed by atoms with van der Waals surface area (Å²) in [7, 11) is 0. The first-order valence-electron chi connectivity index (χ1n) is 7.68. The molecule has 0 saturated heterocycles. The van der Waals surface area contributed by atoms with Gasteiger partial charge < -0.3 is 19.7 Å². The number of rotatable bonds is 4. The number of ether oxygens (including phenoxy) is 2. The largest absolute Gasteiger partial charge is 0.454 e. The molecule has 1 N–H and O–H groups in total. The van der Waals surface area contributed by atoms with Gasteiger partial charge in [0.05, 0.1) is 0 Å². The molecular formula is C18H17ClN2O4. The molecule has 3 rings (SSSR count). The van der Waals surface area contributed by atoms with Crippen LogP contribution < -0.4 is 19.7 Å². The number of hydrogen-bond donors (Lipinski definition) is 1. The Morgan fingerprint density at radius 1 is 1.16 bits per heavy atom. The Kier molecular flexibility index (Phi) is 4.81. The average Bonchev–Trinajstić information content (AvgIpc) is 3.03. The Labute approximate surface area is 150 Å². The van der Waals surface area contributed by atoms with Crippen LogP contribution in [0.1, 0.15) is 12.5 Å². The van der Waals surface area contributed by atoms with Crippen molar-refractivity contribution in [3.8, 4) is 11.5 Å². The topological polar surface area (TPSA) is 67.9 Å². The van der Waals surface area contributed by atoms with Crippen LogP contribution in [0.2, 0.25) is 5.02 Å². The fourth-order valence-electron chi connectivity index (χ4n) is 2.45. The van der Waals surface area contributed by atoms with Gasteiger partial charge in [0.25, 0.3) is 0 Å². The minimum Gasteiger partial charge on any atom is -0.454 e. The lowest BCUT2D eigenvalue weighted by molar-refractivity contribution is -0.120. The molecule has 7 heteroatoms. The average molecular weight is 361 g/mol. The lowest BCUT2D eigenvalue weighted by Crippen LogP contribution is -2.36. The van der Waals surface area contributed by atoms with Crippen LogP contribution >= 0.6 is 11.6 Å². The number of nitrogens with zero attached hydrogens (tertiary/aromatic N) is 1. The first-order valence-corrected chi connectivity index (χ1v) is 8.05. The molecule has 0 fully saturated rings. The van der Waals surface area contributed by atoms with Crippen LogP contribution in [0.5, 0.6) is 11.5 Å². The monoisotopic (exact) mass is 360 g/mol. The summed E-state index contributed by atoms with van der Waals surface area (Å²) in [5.74, 6) is 0.587. The number of aryl methyl sites for hydroxylation is 1. The lowest BCUT2D eigenvalue weighted by Gasteiger charge is -2.21. The highest BCUT2D eigenvalue weighted by Crippen LogP contribution is 2.35. The first-order chi connectivity index (χ1) is 11.9. The highest BCUT2D eigenvalue weighted by atomic mass is 35.5. The van der Waals surface area contributed by atoms with Gasteiger partial charge in [-0.1, -0.05) is 17.7 Å². The van der Waals surface area contributed by atoms with Gasteiger partial charge in [-0.2, -0.15) is 0 Å². The molecule has 2 aromatic carbocycles. The Balaban J connectivity index is 1.74. The Bertz CT molecular complexity index is 838. The summed E-state index contributed by atoms with van der Waals surface area (Å²) in [6.45, 7) is 3.31. The summed E-state index contributed by atoms with van der Waals surface area (Å²) in [4.78, 5) is 25.7. The van der Waals surface area contributed by atoms with Crippen LogP contribution in [-0.4, -0.2) is 25.2 Å². The summed E-state index contributed by atoms with van der Waals surface area (Å²) in [5, 5.41) is 3.31. The third kappa shape index (κ3) is 3.85. The van der Waals surface area contributed by atoms with Gasteiger partial charge in [-0.3, -0.25) is 9.59 Å². The van der Waals surface area contributed by atoms with Crippen molar-refractivity contribution in [2.24, 2.45) is 0 Å². The van der Waals surface area contributed by atoms with Crippen molar-refractivity contribution in [2.45, 2.75) is 13.8 Å². The molecule has 0 aliphatic carbocycles. The molecule has 0 saturated carbocycles. The van der Waals surface area contributed by atoms with Crippen molar-refractivity contribution in [3.05, 3.63) is 47.0 Å². The van der Waals surface area contributed by atoms with Crippen molar-refractivity contribution in [1.29, 1.82) is 0 Å². The molecule has 1 aliphatic rings. The molecule has 0 aromatic heterocycles. The van der Waals surface area contributed by atoms with Gasteiger partial charge in [-0.15, -0.1) is 0 Å². The fraction of sp³-hybridized carbons (Fsp3) is 0.222. The van der Waals surface area contributed by atoms with E-state index in [1.165, 1.54) is 11.8 Å². The second kappa shape index (κ2) is 7.03. The predicted molar refractivity (Wildman–Crippen MR) is 95.4 cm³/mol. The number of amides is 2. The number of carbonyl (C=O) groups excluding carboxylic acids is 2. The van der Waals surface area contributed by atoms with E-state index in [1.807, 2.05) is 13.0 Å². The first kappa shape index (κ1) is 17.1. The van der Waals surface area contributed by atoms with E-state index >= 15 is 0 Å². The molecule has 0 spiro atoms. The summed E-state index contributed by atoms with van der Waals surface area (Å²) in [6, 6.07) is 10.4. The number of fused-ring (bicyclic) bond motifs is 1. The summed E-state index contributed by atoms with van der Waals surface area (Å²) in [6.07, 6.45) is 0. The van der Waals surface area contributed by atoms with Gasteiger partial charge in [0.15, 0.2) is 11.5 Å². The zero-order valence-corrected chi connectivity index (χ0v) is 14.6. The molecule has 0 atom stereocenters. The van der Waals surface area contributed by atoms with Crippen molar-refractivity contribution >= 4 is 34.8 Å². The summed E-state index contributed by atoms with van der Waals surface area (Å²) >= 11 is 6.06. The highest BCUT2D eigenvalue weighted by molar-refractivity contribution is 6.31. The highest BCUT2D eigenvalue weighted by Gasteiger charge is 2.20. The van der Waals surface area contributed by atoms with Gasteiger partial charge in [0.1, 0.15) is 6.54 Å². The van der Waals surface area contributed by atoms with Crippen LogP contribution in [-0.2, 0) is 9.59 Å². The molecule has 2 amide bonds. The fourth-order valence-corrected chi connectivity index (χ4v) is 2.63. The molecular weight excluding hydrogens is 344 g/mol. The third-order valence-electron chi connectivity index (χ3n) is 3.81. The summed E-state index contributed by atoms with van der Waals surface area (Å²) in [5.41, 5.74) is 2.06. The van der Waals surface area contributed by atoms with E-state index in [0.29, 0.717) is 27.9 Å². The molecule has 6 nitrogen and oxygen atoms in total. The van der Waals surface area contributed by atoms with E-state index in [4.69, 9.17) is 21.1 Å². The molecule has 2 aromatic rings. The minimum atomic E-state index is -0.326.